The molecule has 0 aliphatic carbocycles. The lowest BCUT2D eigenvalue weighted by Crippen LogP contribution is -2.40. The highest BCUT2D eigenvalue weighted by molar-refractivity contribution is 6.01. The lowest BCUT2D eigenvalue weighted by molar-refractivity contribution is 0.0583. The van der Waals surface area contributed by atoms with Crippen LogP contribution in [-0.2, 0) is 4.74 Å². The van der Waals surface area contributed by atoms with Crippen molar-refractivity contribution in [3.8, 4) is 0 Å². The third kappa shape index (κ3) is 3.51. The zero-order valence-electron chi connectivity index (χ0n) is 16.5. The van der Waals surface area contributed by atoms with Crippen LogP contribution in [0.5, 0.6) is 0 Å². The van der Waals surface area contributed by atoms with Gasteiger partial charge >= 0.3 is 5.69 Å². The maximum atomic E-state index is 12.8. The topological polar surface area (TPSA) is 96.0 Å². The van der Waals surface area contributed by atoms with Gasteiger partial charge in [-0.2, -0.15) is 0 Å². The van der Waals surface area contributed by atoms with Gasteiger partial charge in [0.2, 0.25) is 0 Å². The summed E-state index contributed by atoms with van der Waals surface area (Å²) in [7, 11) is 0. The van der Waals surface area contributed by atoms with Crippen LogP contribution in [0.15, 0.2) is 28.0 Å². The molecule has 3 aromatic heterocycles. The Balaban J connectivity index is 1.37. The maximum Gasteiger partial charge on any atom is 0.329 e. The summed E-state index contributed by atoms with van der Waals surface area (Å²) in [5.74, 6) is 0.779. The Labute approximate surface area is 167 Å². The highest BCUT2D eigenvalue weighted by Crippen LogP contribution is 2.28. The van der Waals surface area contributed by atoms with Crippen molar-refractivity contribution in [1.29, 1.82) is 0 Å². The van der Waals surface area contributed by atoms with Gasteiger partial charge in [0.25, 0.3) is 5.56 Å². The molecule has 0 aromatic carbocycles. The summed E-state index contributed by atoms with van der Waals surface area (Å²) in [5, 5.41) is 1.30. The number of ether oxygens (including phenoxy) is 1. The lowest BCUT2D eigenvalue weighted by Gasteiger charge is -2.34. The van der Waals surface area contributed by atoms with E-state index >= 15 is 0 Å². The number of H-pyrrole nitrogens is 2. The maximum absolute atomic E-state index is 12.8. The number of fused-ring (bicyclic) bond motifs is 3. The Kier molecular flexibility index (Phi) is 4.97. The molecule has 5 heterocycles. The summed E-state index contributed by atoms with van der Waals surface area (Å²) in [6.45, 7) is 4.87. The van der Waals surface area contributed by atoms with E-state index in [2.05, 4.69) is 19.9 Å². The molecule has 0 unspecified atom stereocenters. The molecule has 2 fully saturated rings. The average molecular weight is 397 g/mol. The van der Waals surface area contributed by atoms with Crippen molar-refractivity contribution in [3.05, 3.63) is 39.3 Å². The monoisotopic (exact) mass is 397 g/mol. The molecule has 3 aromatic rings. The van der Waals surface area contributed by atoms with Crippen LogP contribution in [0.4, 0.5) is 0 Å². The SMILES string of the molecule is O=c1[nH]c(=O)n(C2CCN(CCC3CCOCC3)CC2)c2c1cnc1[nH]ccc12. The first kappa shape index (κ1) is 18.6. The van der Waals surface area contributed by atoms with Crippen LogP contribution in [0, 0.1) is 5.92 Å². The first-order valence-corrected chi connectivity index (χ1v) is 10.6. The van der Waals surface area contributed by atoms with E-state index < -0.39 is 0 Å². The number of nitrogens with one attached hydrogen (secondary N) is 2. The highest BCUT2D eigenvalue weighted by atomic mass is 16.5. The number of piperidine rings is 1. The van der Waals surface area contributed by atoms with Crippen molar-refractivity contribution >= 4 is 21.9 Å². The molecule has 0 atom stereocenters. The fourth-order valence-corrected chi connectivity index (χ4v) is 4.90. The smallest absolute Gasteiger partial charge is 0.329 e. The van der Waals surface area contributed by atoms with Crippen molar-refractivity contribution in [2.75, 3.05) is 32.8 Å². The lowest BCUT2D eigenvalue weighted by atomic mass is 9.95. The van der Waals surface area contributed by atoms with Gasteiger partial charge in [0.1, 0.15) is 5.65 Å². The number of aromatic amines is 2. The number of likely N-dealkylation sites (tertiary alicyclic amines) is 1. The van der Waals surface area contributed by atoms with Crippen LogP contribution in [0.25, 0.3) is 21.9 Å². The molecule has 0 amide bonds. The van der Waals surface area contributed by atoms with Gasteiger partial charge in [-0.05, 0) is 50.6 Å². The Bertz CT molecular complexity index is 1120. The Hall–Kier alpha value is -2.45. The third-order valence-electron chi connectivity index (χ3n) is 6.60. The number of rotatable bonds is 4. The molecular formula is C21H27N5O3. The van der Waals surface area contributed by atoms with Crippen LogP contribution in [0.1, 0.15) is 38.1 Å². The molecule has 0 bridgehead atoms. The summed E-state index contributed by atoms with van der Waals surface area (Å²) in [5.41, 5.74) is 0.707. The minimum Gasteiger partial charge on any atom is -0.381 e. The molecule has 29 heavy (non-hydrogen) atoms. The van der Waals surface area contributed by atoms with Crippen LogP contribution in [0.3, 0.4) is 0 Å². The molecular weight excluding hydrogens is 370 g/mol. The zero-order valence-corrected chi connectivity index (χ0v) is 16.5. The average Bonchev–Trinajstić information content (AvgIpc) is 3.23. The van der Waals surface area contributed by atoms with E-state index in [0.29, 0.717) is 16.6 Å². The van der Waals surface area contributed by atoms with Crippen molar-refractivity contribution in [1.82, 2.24) is 24.4 Å². The number of aromatic nitrogens is 4. The van der Waals surface area contributed by atoms with Gasteiger partial charge in [-0.3, -0.25) is 14.3 Å². The molecule has 0 spiro atoms. The van der Waals surface area contributed by atoms with Gasteiger partial charge in [0.15, 0.2) is 0 Å². The van der Waals surface area contributed by atoms with Gasteiger partial charge < -0.3 is 14.6 Å². The normalized spacial score (nSPS) is 20.0. The summed E-state index contributed by atoms with van der Waals surface area (Å²) >= 11 is 0. The Morgan fingerprint density at radius 2 is 1.90 bits per heavy atom. The molecule has 8 heteroatoms. The largest absolute Gasteiger partial charge is 0.381 e. The molecule has 154 valence electrons. The van der Waals surface area contributed by atoms with E-state index in [-0.39, 0.29) is 17.3 Å². The summed E-state index contributed by atoms with van der Waals surface area (Å²) in [6, 6.07) is 1.98. The van der Waals surface area contributed by atoms with Gasteiger partial charge in [0, 0.05) is 50.1 Å². The predicted molar refractivity (Wildman–Crippen MR) is 111 cm³/mol. The Morgan fingerprint density at radius 3 is 2.69 bits per heavy atom. The number of hydrogen-bond donors (Lipinski definition) is 2. The van der Waals surface area contributed by atoms with Gasteiger partial charge in [-0.1, -0.05) is 0 Å². The Morgan fingerprint density at radius 1 is 1.10 bits per heavy atom. The van der Waals surface area contributed by atoms with Gasteiger partial charge in [0.05, 0.1) is 10.9 Å². The fraction of sp³-hybridized carbons (Fsp3) is 0.571. The molecule has 0 radical (unpaired) electrons. The third-order valence-corrected chi connectivity index (χ3v) is 6.60. The number of hydrogen-bond acceptors (Lipinski definition) is 5. The van der Waals surface area contributed by atoms with Gasteiger partial charge in [-0.25, -0.2) is 9.78 Å². The van der Waals surface area contributed by atoms with Crippen molar-refractivity contribution in [2.24, 2.45) is 5.92 Å². The van der Waals surface area contributed by atoms with Crippen LogP contribution >= 0.6 is 0 Å². The second-order valence-corrected chi connectivity index (χ2v) is 8.31. The van der Waals surface area contributed by atoms with E-state index in [1.54, 1.807) is 17.0 Å². The summed E-state index contributed by atoms with van der Waals surface area (Å²) in [6.07, 6.45) is 8.75. The van der Waals surface area contributed by atoms with E-state index in [0.717, 1.165) is 57.0 Å². The van der Waals surface area contributed by atoms with Crippen LogP contribution in [-0.4, -0.2) is 57.3 Å². The van der Waals surface area contributed by atoms with Crippen molar-refractivity contribution in [2.45, 2.75) is 38.1 Å². The van der Waals surface area contributed by atoms with Crippen LogP contribution in [0.2, 0.25) is 0 Å². The summed E-state index contributed by atoms with van der Waals surface area (Å²) < 4.78 is 7.25. The van der Waals surface area contributed by atoms with E-state index in [4.69, 9.17) is 4.74 Å². The van der Waals surface area contributed by atoms with Crippen LogP contribution < -0.4 is 11.2 Å². The molecule has 8 nitrogen and oxygen atoms in total. The van der Waals surface area contributed by atoms with E-state index in [1.807, 2.05) is 6.07 Å². The van der Waals surface area contributed by atoms with Crippen molar-refractivity contribution < 1.29 is 4.74 Å². The van der Waals surface area contributed by atoms with E-state index in [1.165, 1.54) is 19.3 Å². The minimum atomic E-state index is -0.370. The molecule has 5 rings (SSSR count). The fourth-order valence-electron chi connectivity index (χ4n) is 4.90. The minimum absolute atomic E-state index is 0.0849. The van der Waals surface area contributed by atoms with E-state index in [9.17, 15) is 9.59 Å². The zero-order chi connectivity index (χ0) is 19.8. The molecule has 0 saturated carbocycles. The highest BCUT2D eigenvalue weighted by Gasteiger charge is 2.25. The second kappa shape index (κ2) is 7.76. The van der Waals surface area contributed by atoms with Crippen molar-refractivity contribution in [3.63, 3.8) is 0 Å². The van der Waals surface area contributed by atoms with Gasteiger partial charge in [-0.15, -0.1) is 0 Å². The number of pyridine rings is 1. The standard InChI is InChI=1S/C21H27N5O3/c27-20-17-13-23-19-16(1-7-22-19)18(17)26(21(28)24-20)15-3-9-25(10-4-15)8-2-14-5-11-29-12-6-14/h1,7,13-15H,2-6,8-12H2,(H,22,23)(H,24,27,28). The molecule has 2 N–H and O–H groups in total. The predicted octanol–water partition coefficient (Wildman–Crippen LogP) is 2.02. The number of nitrogens with zero attached hydrogens (tertiary/aromatic N) is 3. The molecule has 2 aliphatic rings. The summed E-state index contributed by atoms with van der Waals surface area (Å²) in [4.78, 5) is 37.5. The first-order valence-electron chi connectivity index (χ1n) is 10.6. The quantitative estimate of drug-likeness (QED) is 0.702. The molecule has 2 aliphatic heterocycles. The molecule has 2 saturated heterocycles. The first-order chi connectivity index (χ1) is 14.2. The second-order valence-electron chi connectivity index (χ2n) is 8.31.